The second-order valence-corrected chi connectivity index (χ2v) is 9.19. The Hall–Kier alpha value is -2.91. The van der Waals surface area contributed by atoms with Crippen LogP contribution in [0.25, 0.3) is 10.3 Å². The van der Waals surface area contributed by atoms with Crippen LogP contribution < -0.4 is 21.5 Å². The van der Waals surface area contributed by atoms with Gasteiger partial charge in [0.2, 0.25) is 5.91 Å². The fourth-order valence-electron chi connectivity index (χ4n) is 3.78. The Morgan fingerprint density at radius 1 is 1.25 bits per heavy atom. The molecule has 1 aromatic carbocycles. The summed E-state index contributed by atoms with van der Waals surface area (Å²) in [5.74, 6) is -0.435. The van der Waals surface area contributed by atoms with Gasteiger partial charge in [0.15, 0.2) is 10.8 Å². The number of hydrogen-bond acceptors (Lipinski definition) is 6. The number of fused-ring (bicyclic) bond motifs is 1. The molecule has 1 aliphatic rings. The van der Waals surface area contributed by atoms with Crippen LogP contribution in [0.3, 0.4) is 0 Å². The lowest BCUT2D eigenvalue weighted by molar-refractivity contribution is -0.116. The number of aromatic nitrogens is 3. The first kappa shape index (κ1) is 22.3. The van der Waals surface area contributed by atoms with Crippen LogP contribution >= 0.6 is 22.9 Å². The van der Waals surface area contributed by atoms with Crippen molar-refractivity contribution < 1.29 is 4.79 Å². The molecule has 1 aliphatic heterocycles. The zero-order chi connectivity index (χ0) is 22.8. The average molecular weight is 474 g/mol. The highest BCUT2D eigenvalue weighted by atomic mass is 35.5. The standard InChI is InChI=1S/C22H24ClN5O3S/c1-3-9-27-20(30)18-19(25-21(32-18)26-10-5-4-6-11-26)28(22(27)31)13-17(29)24-16-8-7-14(2)12-15(16)23/h3,7-8,12H,1,4-6,9-11,13H2,2H3,(H,24,29). The molecule has 8 nitrogen and oxygen atoms in total. The molecule has 0 saturated carbocycles. The number of piperidine rings is 1. The molecule has 0 aliphatic carbocycles. The lowest BCUT2D eigenvalue weighted by atomic mass is 10.1. The van der Waals surface area contributed by atoms with Crippen LogP contribution in [0.5, 0.6) is 0 Å². The summed E-state index contributed by atoms with van der Waals surface area (Å²) in [5.41, 5.74) is 0.649. The van der Waals surface area contributed by atoms with Crippen molar-refractivity contribution in [3.8, 4) is 0 Å². The lowest BCUT2D eigenvalue weighted by Gasteiger charge is -2.25. The van der Waals surface area contributed by atoms with Gasteiger partial charge >= 0.3 is 5.69 Å². The highest BCUT2D eigenvalue weighted by Gasteiger charge is 2.22. The van der Waals surface area contributed by atoms with Crippen LogP contribution in [-0.4, -0.2) is 33.1 Å². The minimum Gasteiger partial charge on any atom is -0.348 e. The fraction of sp³-hybridized carbons (Fsp3) is 0.364. The number of carbonyl (C=O) groups excluding carboxylic acids is 1. The molecule has 4 rings (SSSR count). The molecule has 1 saturated heterocycles. The van der Waals surface area contributed by atoms with Gasteiger partial charge in [0.1, 0.15) is 11.2 Å². The van der Waals surface area contributed by atoms with Crippen molar-refractivity contribution in [2.75, 3.05) is 23.3 Å². The van der Waals surface area contributed by atoms with Gasteiger partial charge in [-0.25, -0.2) is 9.78 Å². The van der Waals surface area contributed by atoms with Crippen molar-refractivity contribution in [1.82, 2.24) is 14.1 Å². The van der Waals surface area contributed by atoms with Crippen molar-refractivity contribution in [2.24, 2.45) is 0 Å². The first-order valence-electron chi connectivity index (χ1n) is 10.4. The first-order valence-corrected chi connectivity index (χ1v) is 11.6. The third kappa shape index (κ3) is 4.35. The van der Waals surface area contributed by atoms with Gasteiger partial charge in [-0.15, -0.1) is 6.58 Å². The smallest absolute Gasteiger partial charge is 0.333 e. The van der Waals surface area contributed by atoms with E-state index < -0.39 is 17.2 Å². The third-order valence-corrected chi connectivity index (χ3v) is 6.80. The van der Waals surface area contributed by atoms with E-state index in [1.54, 1.807) is 12.1 Å². The minimum absolute atomic E-state index is 0.0516. The number of amides is 1. The van der Waals surface area contributed by atoms with E-state index >= 15 is 0 Å². The summed E-state index contributed by atoms with van der Waals surface area (Å²) in [7, 11) is 0. The number of halogens is 1. The van der Waals surface area contributed by atoms with Gasteiger partial charge in [0.05, 0.1) is 10.7 Å². The lowest BCUT2D eigenvalue weighted by Crippen LogP contribution is -2.41. The Kier molecular flexibility index (Phi) is 6.48. The Morgan fingerprint density at radius 3 is 2.69 bits per heavy atom. The quantitative estimate of drug-likeness (QED) is 0.554. The van der Waals surface area contributed by atoms with Crippen molar-refractivity contribution >= 4 is 50.0 Å². The van der Waals surface area contributed by atoms with Crippen LogP contribution in [0, 0.1) is 6.92 Å². The summed E-state index contributed by atoms with van der Waals surface area (Å²) in [6, 6.07) is 5.29. The van der Waals surface area contributed by atoms with Crippen LogP contribution in [-0.2, 0) is 17.9 Å². The average Bonchev–Trinajstić information content (AvgIpc) is 3.22. The molecule has 1 fully saturated rings. The van der Waals surface area contributed by atoms with E-state index in [-0.39, 0.29) is 18.7 Å². The molecule has 0 radical (unpaired) electrons. The van der Waals surface area contributed by atoms with Gasteiger partial charge in [-0.1, -0.05) is 35.1 Å². The van der Waals surface area contributed by atoms with E-state index in [1.165, 1.54) is 28.4 Å². The number of anilines is 2. The Labute approximate surface area is 193 Å². The Bertz CT molecular complexity index is 1300. The van der Waals surface area contributed by atoms with E-state index in [2.05, 4.69) is 21.8 Å². The van der Waals surface area contributed by atoms with Crippen molar-refractivity contribution in [3.05, 3.63) is 62.3 Å². The number of nitrogens with one attached hydrogen (secondary N) is 1. The Balaban J connectivity index is 1.75. The molecule has 168 valence electrons. The normalized spacial score (nSPS) is 14.0. The highest BCUT2D eigenvalue weighted by Crippen LogP contribution is 2.28. The van der Waals surface area contributed by atoms with Crippen LogP contribution in [0.2, 0.25) is 5.02 Å². The number of nitrogens with zero attached hydrogens (tertiary/aromatic N) is 4. The van der Waals surface area contributed by atoms with E-state index in [4.69, 9.17) is 11.6 Å². The topological polar surface area (TPSA) is 89.2 Å². The maximum atomic E-state index is 13.1. The molecular formula is C22H24ClN5O3S. The molecule has 3 aromatic rings. The summed E-state index contributed by atoms with van der Waals surface area (Å²) < 4.78 is 2.69. The monoisotopic (exact) mass is 473 g/mol. The molecule has 3 heterocycles. The summed E-state index contributed by atoms with van der Waals surface area (Å²) in [5, 5.41) is 3.85. The van der Waals surface area contributed by atoms with Gasteiger partial charge < -0.3 is 10.2 Å². The molecular weight excluding hydrogens is 450 g/mol. The molecule has 32 heavy (non-hydrogen) atoms. The molecule has 0 bridgehead atoms. The maximum Gasteiger partial charge on any atom is 0.333 e. The molecule has 0 atom stereocenters. The first-order chi connectivity index (χ1) is 15.4. The van der Waals surface area contributed by atoms with Crippen molar-refractivity contribution in [1.29, 1.82) is 0 Å². The summed E-state index contributed by atoms with van der Waals surface area (Å²) >= 11 is 7.49. The molecule has 1 amide bonds. The van der Waals surface area contributed by atoms with E-state index in [0.717, 1.165) is 36.1 Å². The van der Waals surface area contributed by atoms with E-state index in [1.807, 2.05) is 13.0 Å². The van der Waals surface area contributed by atoms with E-state index in [0.29, 0.717) is 20.5 Å². The number of benzene rings is 1. The summed E-state index contributed by atoms with van der Waals surface area (Å²) in [4.78, 5) is 45.6. The zero-order valence-electron chi connectivity index (χ0n) is 17.8. The van der Waals surface area contributed by atoms with Gasteiger partial charge in [-0.3, -0.25) is 18.7 Å². The molecule has 0 spiro atoms. The van der Waals surface area contributed by atoms with Gasteiger partial charge in [-0.2, -0.15) is 0 Å². The minimum atomic E-state index is -0.594. The number of allylic oxidation sites excluding steroid dienone is 1. The number of carbonyl (C=O) groups is 1. The van der Waals surface area contributed by atoms with Gasteiger partial charge in [0, 0.05) is 19.6 Å². The van der Waals surface area contributed by atoms with Crippen LogP contribution in [0.15, 0.2) is 40.4 Å². The number of aryl methyl sites for hydroxylation is 1. The highest BCUT2D eigenvalue weighted by molar-refractivity contribution is 7.22. The fourth-order valence-corrected chi connectivity index (χ4v) is 5.13. The van der Waals surface area contributed by atoms with Gasteiger partial charge in [-0.05, 0) is 43.9 Å². The second-order valence-electron chi connectivity index (χ2n) is 7.80. The van der Waals surface area contributed by atoms with Crippen LogP contribution in [0.4, 0.5) is 10.8 Å². The van der Waals surface area contributed by atoms with Crippen molar-refractivity contribution in [2.45, 2.75) is 39.3 Å². The zero-order valence-corrected chi connectivity index (χ0v) is 19.3. The maximum absolute atomic E-state index is 13.1. The summed E-state index contributed by atoms with van der Waals surface area (Å²) in [6.45, 7) is 7.02. The summed E-state index contributed by atoms with van der Waals surface area (Å²) in [6.07, 6.45) is 4.77. The largest absolute Gasteiger partial charge is 0.348 e. The predicted molar refractivity (Wildman–Crippen MR) is 129 cm³/mol. The number of hydrogen-bond donors (Lipinski definition) is 1. The Morgan fingerprint density at radius 2 is 2.00 bits per heavy atom. The molecule has 2 aromatic heterocycles. The molecule has 0 unspecified atom stereocenters. The second kappa shape index (κ2) is 9.30. The van der Waals surface area contributed by atoms with Crippen LogP contribution in [0.1, 0.15) is 24.8 Å². The van der Waals surface area contributed by atoms with Gasteiger partial charge in [0.25, 0.3) is 5.56 Å². The SMILES string of the molecule is C=CCn1c(=O)c2sc(N3CCCCC3)nc2n(CC(=O)Nc2ccc(C)cc2Cl)c1=O. The number of rotatable bonds is 6. The van der Waals surface area contributed by atoms with Crippen molar-refractivity contribution in [3.63, 3.8) is 0 Å². The third-order valence-electron chi connectivity index (χ3n) is 5.39. The van der Waals surface area contributed by atoms with E-state index in [9.17, 15) is 14.4 Å². The molecule has 1 N–H and O–H groups in total. The number of thiazole rings is 1. The molecule has 10 heteroatoms. The predicted octanol–water partition coefficient (Wildman–Crippen LogP) is 3.40.